The number of nitrogens with zero attached hydrogens (tertiary/aromatic N) is 2. The summed E-state index contributed by atoms with van der Waals surface area (Å²) in [6, 6.07) is 3.77. The van der Waals surface area contributed by atoms with Crippen LogP contribution in [0.2, 0.25) is 0 Å². The van der Waals surface area contributed by atoms with Gasteiger partial charge in [0.2, 0.25) is 5.75 Å². The van der Waals surface area contributed by atoms with Crippen molar-refractivity contribution in [3.8, 4) is 17.2 Å². The molecule has 0 saturated heterocycles. The Morgan fingerprint density at radius 3 is 2.20 bits per heavy atom. The van der Waals surface area contributed by atoms with E-state index in [9.17, 15) is 0 Å². The lowest BCUT2D eigenvalue weighted by Crippen LogP contribution is -2.01. The molecule has 0 unspecified atom stereocenters. The first kappa shape index (κ1) is 13.9. The molecule has 0 atom stereocenters. The van der Waals surface area contributed by atoms with Crippen LogP contribution in [0.25, 0.3) is 0 Å². The van der Waals surface area contributed by atoms with Crippen molar-refractivity contribution in [1.82, 2.24) is 9.97 Å². The molecule has 2 aromatic rings. The Morgan fingerprint density at radius 1 is 1.05 bits per heavy atom. The van der Waals surface area contributed by atoms with Crippen molar-refractivity contribution in [2.45, 2.75) is 6.42 Å². The molecular formula is C14H17N3O3. The van der Waals surface area contributed by atoms with Crippen LogP contribution in [0.3, 0.4) is 0 Å². The Labute approximate surface area is 117 Å². The zero-order valence-electron chi connectivity index (χ0n) is 11.7. The zero-order valence-corrected chi connectivity index (χ0v) is 11.7. The summed E-state index contributed by atoms with van der Waals surface area (Å²) < 4.78 is 15.9. The third-order valence-electron chi connectivity index (χ3n) is 2.94. The molecule has 6 heteroatoms. The van der Waals surface area contributed by atoms with Crippen LogP contribution in [0.15, 0.2) is 24.7 Å². The van der Waals surface area contributed by atoms with Crippen molar-refractivity contribution in [1.29, 1.82) is 0 Å². The highest BCUT2D eigenvalue weighted by Crippen LogP contribution is 2.38. The van der Waals surface area contributed by atoms with Crippen LogP contribution in [0.4, 0.5) is 5.82 Å². The van der Waals surface area contributed by atoms with E-state index in [0.717, 1.165) is 11.1 Å². The maximum atomic E-state index is 5.83. The van der Waals surface area contributed by atoms with Crippen LogP contribution in [0.5, 0.6) is 17.2 Å². The van der Waals surface area contributed by atoms with E-state index in [2.05, 4.69) is 9.97 Å². The highest BCUT2D eigenvalue weighted by Gasteiger charge is 2.14. The number of nitrogen functional groups attached to an aromatic ring is 1. The van der Waals surface area contributed by atoms with E-state index in [-0.39, 0.29) is 0 Å². The topological polar surface area (TPSA) is 79.5 Å². The second-order valence-electron chi connectivity index (χ2n) is 4.14. The molecule has 0 fully saturated rings. The number of benzene rings is 1. The van der Waals surface area contributed by atoms with Gasteiger partial charge < -0.3 is 19.9 Å². The molecule has 0 bridgehead atoms. The number of hydrogen-bond acceptors (Lipinski definition) is 6. The smallest absolute Gasteiger partial charge is 0.203 e. The third-order valence-corrected chi connectivity index (χ3v) is 2.94. The van der Waals surface area contributed by atoms with E-state index in [0.29, 0.717) is 29.5 Å². The zero-order chi connectivity index (χ0) is 14.5. The lowest BCUT2D eigenvalue weighted by atomic mass is 10.1. The van der Waals surface area contributed by atoms with Crippen LogP contribution in [-0.4, -0.2) is 31.3 Å². The summed E-state index contributed by atoms with van der Waals surface area (Å²) in [6.07, 6.45) is 3.71. The number of ether oxygens (including phenoxy) is 3. The predicted molar refractivity (Wildman–Crippen MR) is 75.3 cm³/mol. The molecule has 0 amide bonds. The number of aromatic nitrogens is 2. The van der Waals surface area contributed by atoms with Gasteiger partial charge in [0.25, 0.3) is 0 Å². The lowest BCUT2D eigenvalue weighted by molar-refractivity contribution is 0.324. The van der Waals surface area contributed by atoms with Gasteiger partial charge in [0.05, 0.1) is 21.3 Å². The normalized spacial score (nSPS) is 10.2. The third kappa shape index (κ3) is 2.74. The Balaban J connectivity index is 2.40. The molecule has 2 N–H and O–H groups in total. The maximum Gasteiger partial charge on any atom is 0.203 e. The fourth-order valence-corrected chi connectivity index (χ4v) is 1.96. The Morgan fingerprint density at radius 2 is 1.70 bits per heavy atom. The summed E-state index contributed by atoms with van der Waals surface area (Å²) in [4.78, 5) is 7.96. The van der Waals surface area contributed by atoms with Crippen LogP contribution in [-0.2, 0) is 6.42 Å². The summed E-state index contributed by atoms with van der Waals surface area (Å²) in [6.45, 7) is 0. The van der Waals surface area contributed by atoms with Crippen molar-refractivity contribution in [3.63, 3.8) is 0 Å². The molecule has 1 heterocycles. The van der Waals surface area contributed by atoms with E-state index in [1.807, 2.05) is 12.1 Å². The number of nitrogens with two attached hydrogens (primary N) is 1. The monoisotopic (exact) mass is 275 g/mol. The van der Waals surface area contributed by atoms with E-state index in [1.54, 1.807) is 27.5 Å². The average molecular weight is 275 g/mol. The van der Waals surface area contributed by atoms with Gasteiger partial charge >= 0.3 is 0 Å². The largest absolute Gasteiger partial charge is 0.493 e. The molecule has 1 aromatic carbocycles. The molecule has 0 aliphatic rings. The van der Waals surface area contributed by atoms with Crippen LogP contribution < -0.4 is 19.9 Å². The predicted octanol–water partition coefficient (Wildman–Crippen LogP) is 1.68. The molecule has 0 aliphatic heterocycles. The minimum atomic E-state index is 0.466. The highest BCUT2D eigenvalue weighted by molar-refractivity contribution is 5.55. The molecule has 0 aliphatic carbocycles. The van der Waals surface area contributed by atoms with Crippen LogP contribution in [0.1, 0.15) is 11.1 Å². The van der Waals surface area contributed by atoms with Gasteiger partial charge in [-0.25, -0.2) is 9.97 Å². The highest BCUT2D eigenvalue weighted by atomic mass is 16.5. The SMILES string of the molecule is COc1cc(Cc2cncnc2N)cc(OC)c1OC. The fraction of sp³-hybridized carbons (Fsp3) is 0.286. The van der Waals surface area contributed by atoms with Gasteiger partial charge in [0, 0.05) is 18.2 Å². The fourth-order valence-electron chi connectivity index (χ4n) is 1.96. The summed E-state index contributed by atoms with van der Waals surface area (Å²) >= 11 is 0. The minimum Gasteiger partial charge on any atom is -0.493 e. The summed E-state index contributed by atoms with van der Waals surface area (Å²) in [5.74, 6) is 2.25. The number of rotatable bonds is 5. The van der Waals surface area contributed by atoms with Crippen molar-refractivity contribution in [3.05, 3.63) is 35.8 Å². The first-order chi connectivity index (χ1) is 9.69. The quantitative estimate of drug-likeness (QED) is 0.894. The Hall–Kier alpha value is -2.50. The van der Waals surface area contributed by atoms with Crippen molar-refractivity contribution < 1.29 is 14.2 Å². The van der Waals surface area contributed by atoms with Gasteiger partial charge in [-0.15, -0.1) is 0 Å². The molecule has 0 saturated carbocycles. The Kier molecular flexibility index (Phi) is 4.24. The lowest BCUT2D eigenvalue weighted by Gasteiger charge is -2.14. The summed E-state index contributed by atoms with van der Waals surface area (Å²) in [5.41, 5.74) is 7.65. The van der Waals surface area contributed by atoms with Gasteiger partial charge in [-0.3, -0.25) is 0 Å². The second-order valence-corrected chi connectivity index (χ2v) is 4.14. The molecular weight excluding hydrogens is 258 g/mol. The summed E-state index contributed by atoms with van der Waals surface area (Å²) in [5, 5.41) is 0. The van der Waals surface area contributed by atoms with Gasteiger partial charge in [-0.05, 0) is 17.7 Å². The maximum absolute atomic E-state index is 5.83. The van der Waals surface area contributed by atoms with Gasteiger partial charge in [-0.2, -0.15) is 0 Å². The van der Waals surface area contributed by atoms with Gasteiger partial charge in [-0.1, -0.05) is 0 Å². The summed E-state index contributed by atoms with van der Waals surface area (Å²) in [7, 11) is 4.74. The van der Waals surface area contributed by atoms with Gasteiger partial charge in [0.15, 0.2) is 11.5 Å². The molecule has 0 radical (unpaired) electrons. The van der Waals surface area contributed by atoms with E-state index >= 15 is 0 Å². The number of methoxy groups -OCH3 is 3. The van der Waals surface area contributed by atoms with E-state index in [1.165, 1.54) is 6.33 Å². The average Bonchev–Trinajstić information content (AvgIpc) is 2.48. The molecule has 2 rings (SSSR count). The number of anilines is 1. The van der Waals surface area contributed by atoms with Crippen molar-refractivity contribution >= 4 is 5.82 Å². The molecule has 6 nitrogen and oxygen atoms in total. The first-order valence-corrected chi connectivity index (χ1v) is 6.02. The molecule has 0 spiro atoms. The second kappa shape index (κ2) is 6.10. The molecule has 20 heavy (non-hydrogen) atoms. The minimum absolute atomic E-state index is 0.466. The van der Waals surface area contributed by atoms with Crippen LogP contribution in [0, 0.1) is 0 Å². The van der Waals surface area contributed by atoms with Crippen LogP contribution >= 0.6 is 0 Å². The number of hydrogen-bond donors (Lipinski definition) is 1. The molecule has 1 aromatic heterocycles. The van der Waals surface area contributed by atoms with E-state index < -0.39 is 0 Å². The molecule has 106 valence electrons. The van der Waals surface area contributed by atoms with E-state index in [4.69, 9.17) is 19.9 Å². The Bertz CT molecular complexity index is 577. The first-order valence-electron chi connectivity index (χ1n) is 6.02. The standard InChI is InChI=1S/C14H17N3O3/c1-18-11-5-9(6-12(19-2)13(11)20-3)4-10-7-16-8-17-14(10)15/h5-8H,4H2,1-3H3,(H2,15,16,17). The van der Waals surface area contributed by atoms with Crippen molar-refractivity contribution in [2.24, 2.45) is 0 Å². The van der Waals surface area contributed by atoms with Gasteiger partial charge in [0.1, 0.15) is 12.1 Å². The van der Waals surface area contributed by atoms with Crippen molar-refractivity contribution in [2.75, 3.05) is 27.1 Å².